The number of hydrogen-bond donors (Lipinski definition) is 1. The first-order chi connectivity index (χ1) is 13.0. The lowest BCUT2D eigenvalue weighted by molar-refractivity contribution is 0.0300. The minimum Gasteiger partial charge on any atom is -0.378 e. The van der Waals surface area contributed by atoms with Crippen LogP contribution in [0.1, 0.15) is 96.3 Å². The van der Waals surface area contributed by atoms with Crippen molar-refractivity contribution in [3.8, 4) is 0 Å². The fraction of sp³-hybridized carbons (Fsp3) is 1.00. The molecular formula is C21H39O4PS. The van der Waals surface area contributed by atoms with E-state index in [-0.39, 0.29) is 13.7 Å². The monoisotopic (exact) mass is 418 g/mol. The van der Waals surface area contributed by atoms with Gasteiger partial charge in [0.05, 0.1) is 11.9 Å². The van der Waals surface area contributed by atoms with Crippen LogP contribution in [0.4, 0.5) is 0 Å². The first-order valence-corrected chi connectivity index (χ1v) is 14.5. The molecule has 2 unspecified atom stereocenters. The van der Waals surface area contributed by atoms with Crippen molar-refractivity contribution >= 4 is 18.0 Å². The van der Waals surface area contributed by atoms with E-state index in [1.54, 1.807) is 0 Å². The smallest absolute Gasteiger partial charge is 0.264 e. The normalized spacial score (nSPS) is 29.3. The molecule has 1 N–H and O–H groups in total. The summed E-state index contributed by atoms with van der Waals surface area (Å²) in [4.78, 5) is 0. The minimum absolute atomic E-state index is 0.105. The average Bonchev–Trinajstić information content (AvgIpc) is 2.67. The first-order valence-electron chi connectivity index (χ1n) is 11.4. The van der Waals surface area contributed by atoms with Gasteiger partial charge in [-0.1, -0.05) is 52.9 Å². The molecular weight excluding hydrogens is 379 g/mol. The zero-order valence-electron chi connectivity index (χ0n) is 16.9. The van der Waals surface area contributed by atoms with Gasteiger partial charge in [-0.05, 0) is 68.3 Å². The van der Waals surface area contributed by atoms with Gasteiger partial charge in [-0.2, -0.15) is 8.42 Å². The van der Waals surface area contributed by atoms with E-state index in [1.165, 1.54) is 83.5 Å². The maximum atomic E-state index is 10.9. The molecule has 3 aliphatic rings. The molecule has 0 radical (unpaired) electrons. The largest absolute Gasteiger partial charge is 0.378 e. The Labute approximate surface area is 167 Å². The quantitative estimate of drug-likeness (QED) is 0.310. The number of ether oxygens (including phenoxy) is 1. The van der Waals surface area contributed by atoms with Crippen molar-refractivity contribution < 1.29 is 17.7 Å². The third kappa shape index (κ3) is 7.24. The molecule has 3 aliphatic carbocycles. The van der Waals surface area contributed by atoms with Crippen LogP contribution in [-0.4, -0.2) is 48.4 Å². The summed E-state index contributed by atoms with van der Waals surface area (Å²) in [6.45, 7) is 0.460. The molecule has 4 nitrogen and oxygen atoms in total. The molecule has 0 bridgehead atoms. The second-order valence-electron chi connectivity index (χ2n) is 8.98. The summed E-state index contributed by atoms with van der Waals surface area (Å²) in [5.41, 5.74) is 2.87. The SMILES string of the molecule is O=S(=O)(O)CCCOC1CCCC(P(C2CCCCC2)C2CCCCC2)C1. The van der Waals surface area contributed by atoms with Crippen LogP contribution >= 0.6 is 7.92 Å². The maximum Gasteiger partial charge on any atom is 0.264 e. The summed E-state index contributed by atoms with van der Waals surface area (Å²) >= 11 is 0. The second-order valence-corrected chi connectivity index (χ2v) is 13.6. The second kappa shape index (κ2) is 10.9. The van der Waals surface area contributed by atoms with Crippen molar-refractivity contribution in [2.75, 3.05) is 12.4 Å². The lowest BCUT2D eigenvalue weighted by Crippen LogP contribution is -2.32. The minimum atomic E-state index is -3.86. The molecule has 0 spiro atoms. The Bertz CT molecular complexity index is 508. The Morgan fingerprint density at radius 2 is 1.33 bits per heavy atom. The third-order valence-corrected chi connectivity index (χ3v) is 11.7. The van der Waals surface area contributed by atoms with E-state index in [1.807, 2.05) is 0 Å². The Kier molecular flexibility index (Phi) is 8.88. The molecule has 0 aromatic rings. The lowest BCUT2D eigenvalue weighted by atomic mass is 9.97. The molecule has 0 saturated heterocycles. The Morgan fingerprint density at radius 3 is 1.89 bits per heavy atom. The number of rotatable bonds is 8. The molecule has 6 heteroatoms. The van der Waals surface area contributed by atoms with Crippen LogP contribution < -0.4 is 0 Å². The van der Waals surface area contributed by atoms with Crippen molar-refractivity contribution in [2.24, 2.45) is 0 Å². The van der Waals surface area contributed by atoms with E-state index in [2.05, 4.69) is 0 Å². The highest BCUT2D eigenvalue weighted by Gasteiger charge is 2.38. The van der Waals surface area contributed by atoms with Gasteiger partial charge in [0, 0.05) is 6.61 Å². The van der Waals surface area contributed by atoms with Gasteiger partial charge in [-0.3, -0.25) is 4.55 Å². The lowest BCUT2D eigenvalue weighted by Gasteiger charge is -2.45. The average molecular weight is 419 g/mol. The Morgan fingerprint density at radius 1 is 0.778 bits per heavy atom. The van der Waals surface area contributed by atoms with Crippen LogP contribution in [0.5, 0.6) is 0 Å². The van der Waals surface area contributed by atoms with Crippen molar-refractivity contribution in [3.63, 3.8) is 0 Å². The molecule has 3 rings (SSSR count). The van der Waals surface area contributed by atoms with Gasteiger partial charge in [-0.15, -0.1) is 0 Å². The molecule has 0 aliphatic heterocycles. The van der Waals surface area contributed by atoms with Gasteiger partial charge in [0.1, 0.15) is 0 Å². The fourth-order valence-electron chi connectivity index (χ4n) is 5.69. The van der Waals surface area contributed by atoms with Crippen molar-refractivity contribution in [3.05, 3.63) is 0 Å². The topological polar surface area (TPSA) is 63.6 Å². The van der Waals surface area contributed by atoms with Gasteiger partial charge >= 0.3 is 0 Å². The highest BCUT2D eigenvalue weighted by molar-refractivity contribution is 7.85. The van der Waals surface area contributed by atoms with E-state index < -0.39 is 10.1 Å². The molecule has 3 saturated carbocycles. The predicted octanol–water partition coefficient (Wildman–Crippen LogP) is 5.74. The van der Waals surface area contributed by atoms with Crippen LogP contribution in [0, 0.1) is 0 Å². The van der Waals surface area contributed by atoms with Gasteiger partial charge in [0.25, 0.3) is 10.1 Å². The standard InChI is InChI=1S/C21H39O4PS/c22-27(23,24)16-8-15-25-18-9-7-14-21(17-18)26(19-10-3-1-4-11-19)20-12-5-2-6-13-20/h18-21H,1-17H2,(H,22,23,24). The van der Waals surface area contributed by atoms with E-state index in [0.29, 0.717) is 19.1 Å². The van der Waals surface area contributed by atoms with E-state index in [4.69, 9.17) is 9.29 Å². The molecule has 2 atom stereocenters. The molecule has 0 heterocycles. The molecule has 27 heavy (non-hydrogen) atoms. The summed E-state index contributed by atoms with van der Waals surface area (Å²) in [6, 6.07) is 0. The first kappa shape index (κ1) is 22.0. The molecule has 158 valence electrons. The molecule has 0 amide bonds. The Balaban J connectivity index is 1.56. The van der Waals surface area contributed by atoms with Gasteiger partial charge < -0.3 is 4.74 Å². The highest BCUT2D eigenvalue weighted by Crippen LogP contribution is 2.61. The van der Waals surface area contributed by atoms with E-state index >= 15 is 0 Å². The van der Waals surface area contributed by atoms with Crippen molar-refractivity contribution in [1.82, 2.24) is 0 Å². The van der Waals surface area contributed by atoms with Gasteiger partial charge in [0.15, 0.2) is 0 Å². The fourth-order valence-corrected chi connectivity index (χ4v) is 10.8. The third-order valence-electron chi connectivity index (χ3n) is 6.91. The summed E-state index contributed by atoms with van der Waals surface area (Å²) < 4.78 is 36.7. The summed E-state index contributed by atoms with van der Waals surface area (Å²) in [5, 5.41) is 0. The number of hydrogen-bond acceptors (Lipinski definition) is 3. The van der Waals surface area contributed by atoms with Crippen LogP contribution in [-0.2, 0) is 14.9 Å². The molecule has 0 aromatic carbocycles. The predicted molar refractivity (Wildman–Crippen MR) is 114 cm³/mol. The zero-order valence-corrected chi connectivity index (χ0v) is 18.6. The van der Waals surface area contributed by atoms with Crippen LogP contribution in [0.2, 0.25) is 0 Å². The van der Waals surface area contributed by atoms with Crippen LogP contribution in [0.3, 0.4) is 0 Å². The molecule has 3 fully saturated rings. The summed E-state index contributed by atoms with van der Waals surface area (Å²) in [6.07, 6.45) is 20.2. The maximum absolute atomic E-state index is 10.9. The summed E-state index contributed by atoms with van der Waals surface area (Å²) in [7, 11) is -3.75. The van der Waals surface area contributed by atoms with Crippen molar-refractivity contribution in [2.45, 2.75) is 119 Å². The summed E-state index contributed by atoms with van der Waals surface area (Å²) in [5.74, 6) is -0.181. The Hall–Kier alpha value is 0.300. The van der Waals surface area contributed by atoms with Gasteiger partial charge in [-0.25, -0.2) is 0 Å². The van der Waals surface area contributed by atoms with Crippen LogP contribution in [0.15, 0.2) is 0 Å². The van der Waals surface area contributed by atoms with Gasteiger partial charge in [0.2, 0.25) is 0 Å². The van der Waals surface area contributed by atoms with Crippen LogP contribution in [0.25, 0.3) is 0 Å². The van der Waals surface area contributed by atoms with Crippen molar-refractivity contribution in [1.29, 1.82) is 0 Å². The highest BCUT2D eigenvalue weighted by atomic mass is 32.2. The van der Waals surface area contributed by atoms with E-state index in [9.17, 15) is 8.42 Å². The van der Waals surface area contributed by atoms with E-state index in [0.717, 1.165) is 23.4 Å². The zero-order chi connectivity index (χ0) is 19.1. The molecule has 0 aromatic heterocycles.